The van der Waals surface area contributed by atoms with Gasteiger partial charge in [0, 0.05) is 30.8 Å². The van der Waals surface area contributed by atoms with Crippen LogP contribution in [0, 0.1) is 11.8 Å². The van der Waals surface area contributed by atoms with Gasteiger partial charge in [-0.2, -0.15) is 0 Å². The van der Waals surface area contributed by atoms with Crippen LogP contribution < -0.4 is 10.6 Å². The van der Waals surface area contributed by atoms with Crippen molar-refractivity contribution in [1.82, 2.24) is 10.6 Å². The molecule has 6 nitrogen and oxygen atoms in total. The van der Waals surface area contributed by atoms with E-state index in [1.165, 1.54) is 12.8 Å². The lowest BCUT2D eigenvalue weighted by atomic mass is 9.85. The zero-order chi connectivity index (χ0) is 18.1. The molecule has 0 aromatic rings. The van der Waals surface area contributed by atoms with Crippen molar-refractivity contribution in [1.29, 1.82) is 0 Å². The molecule has 2 rings (SSSR count). The van der Waals surface area contributed by atoms with Gasteiger partial charge in [0.05, 0.1) is 0 Å². The second-order valence-corrected chi connectivity index (χ2v) is 7.53. The van der Waals surface area contributed by atoms with Crippen molar-refractivity contribution in [2.75, 3.05) is 6.54 Å². The number of carboxylic acids is 1. The standard InChI is InChI=1S/C19H32N2O4/c22-17(23)8-2-1-5-13-20-18(24)15-9-11-16(12-10-15)21-19(25)14-6-3-4-7-14/h14-16H,1-13H2,(H,20,24)(H,21,25)(H,22,23). The molecule has 0 unspecified atom stereocenters. The van der Waals surface area contributed by atoms with Crippen LogP contribution in [0.5, 0.6) is 0 Å². The molecule has 2 amide bonds. The quantitative estimate of drug-likeness (QED) is 0.556. The van der Waals surface area contributed by atoms with Crippen LogP contribution in [0.2, 0.25) is 0 Å². The molecule has 3 N–H and O–H groups in total. The van der Waals surface area contributed by atoms with Gasteiger partial charge in [0.1, 0.15) is 0 Å². The molecule has 2 saturated carbocycles. The van der Waals surface area contributed by atoms with Crippen LogP contribution in [0.1, 0.15) is 77.0 Å². The Morgan fingerprint density at radius 1 is 0.800 bits per heavy atom. The molecule has 0 saturated heterocycles. The molecule has 6 heteroatoms. The van der Waals surface area contributed by atoms with E-state index in [9.17, 15) is 14.4 Å². The molecule has 0 radical (unpaired) electrons. The highest BCUT2D eigenvalue weighted by Crippen LogP contribution is 2.27. The van der Waals surface area contributed by atoms with Gasteiger partial charge in [-0.15, -0.1) is 0 Å². The normalized spacial score (nSPS) is 24.0. The summed E-state index contributed by atoms with van der Waals surface area (Å²) in [5.74, 6) is -0.174. The summed E-state index contributed by atoms with van der Waals surface area (Å²) in [6.07, 6.45) is 10.3. The number of aliphatic carboxylic acids is 1. The predicted octanol–water partition coefficient (Wildman–Crippen LogP) is 2.61. The molecule has 2 aliphatic rings. The number of nitrogens with one attached hydrogen (secondary N) is 2. The molecule has 0 aromatic heterocycles. The van der Waals surface area contributed by atoms with Gasteiger partial charge in [-0.3, -0.25) is 14.4 Å². The minimum atomic E-state index is -0.763. The van der Waals surface area contributed by atoms with Crippen molar-refractivity contribution < 1.29 is 19.5 Å². The second-order valence-electron chi connectivity index (χ2n) is 7.53. The second kappa shape index (κ2) is 10.4. The highest BCUT2D eigenvalue weighted by atomic mass is 16.4. The highest BCUT2D eigenvalue weighted by Gasteiger charge is 2.29. The van der Waals surface area contributed by atoms with E-state index in [-0.39, 0.29) is 36.1 Å². The number of carboxylic acid groups (broad SMARTS) is 1. The van der Waals surface area contributed by atoms with Crippen LogP contribution in [0.15, 0.2) is 0 Å². The fourth-order valence-electron chi connectivity index (χ4n) is 3.94. The van der Waals surface area contributed by atoms with Crippen LogP contribution in [-0.2, 0) is 14.4 Å². The summed E-state index contributed by atoms with van der Waals surface area (Å²) < 4.78 is 0. The number of rotatable bonds is 9. The first kappa shape index (κ1) is 19.7. The zero-order valence-electron chi connectivity index (χ0n) is 15.1. The van der Waals surface area contributed by atoms with Crippen molar-refractivity contribution in [2.24, 2.45) is 11.8 Å². The summed E-state index contributed by atoms with van der Waals surface area (Å²) in [6.45, 7) is 0.622. The first-order valence-corrected chi connectivity index (χ1v) is 9.86. The first-order valence-electron chi connectivity index (χ1n) is 9.86. The summed E-state index contributed by atoms with van der Waals surface area (Å²) >= 11 is 0. The van der Waals surface area contributed by atoms with Gasteiger partial charge in [0.2, 0.25) is 11.8 Å². The molecular weight excluding hydrogens is 320 g/mol. The number of carbonyl (C=O) groups is 3. The Bertz CT molecular complexity index is 452. The van der Waals surface area contributed by atoms with Gasteiger partial charge < -0.3 is 15.7 Å². The molecule has 0 aromatic carbocycles. The van der Waals surface area contributed by atoms with Gasteiger partial charge in [-0.05, 0) is 51.4 Å². The van der Waals surface area contributed by atoms with Gasteiger partial charge in [-0.1, -0.05) is 19.3 Å². The van der Waals surface area contributed by atoms with Crippen molar-refractivity contribution in [3.05, 3.63) is 0 Å². The fourth-order valence-corrected chi connectivity index (χ4v) is 3.94. The Hall–Kier alpha value is -1.59. The summed E-state index contributed by atoms with van der Waals surface area (Å²) in [5.41, 5.74) is 0. The van der Waals surface area contributed by atoms with Crippen molar-refractivity contribution in [2.45, 2.75) is 83.1 Å². The predicted molar refractivity (Wildman–Crippen MR) is 95.0 cm³/mol. The third-order valence-electron chi connectivity index (χ3n) is 5.54. The maximum Gasteiger partial charge on any atom is 0.303 e. The SMILES string of the molecule is O=C(O)CCCCCNC(=O)C1CCC(NC(=O)C2CCCC2)CC1. The fraction of sp³-hybridized carbons (Fsp3) is 0.842. The number of hydrogen-bond donors (Lipinski definition) is 3. The van der Waals surface area contributed by atoms with Crippen molar-refractivity contribution >= 4 is 17.8 Å². The van der Waals surface area contributed by atoms with Crippen molar-refractivity contribution in [3.63, 3.8) is 0 Å². The lowest BCUT2D eigenvalue weighted by Crippen LogP contribution is -2.42. The van der Waals surface area contributed by atoms with E-state index in [1.807, 2.05) is 0 Å². The van der Waals surface area contributed by atoms with E-state index >= 15 is 0 Å². The Labute approximate surface area is 150 Å². The average molecular weight is 352 g/mol. The summed E-state index contributed by atoms with van der Waals surface area (Å²) in [7, 11) is 0. The van der Waals surface area contributed by atoms with E-state index < -0.39 is 5.97 Å². The van der Waals surface area contributed by atoms with Gasteiger partial charge >= 0.3 is 5.97 Å². The molecule has 0 aliphatic heterocycles. The van der Waals surface area contributed by atoms with E-state index in [0.717, 1.165) is 51.4 Å². The largest absolute Gasteiger partial charge is 0.481 e. The van der Waals surface area contributed by atoms with E-state index in [0.29, 0.717) is 13.0 Å². The Morgan fingerprint density at radius 2 is 1.44 bits per heavy atom. The Balaban J connectivity index is 1.55. The molecule has 2 aliphatic carbocycles. The first-order chi connectivity index (χ1) is 12.1. The third-order valence-corrected chi connectivity index (χ3v) is 5.54. The summed E-state index contributed by atoms with van der Waals surface area (Å²) in [5, 5.41) is 14.7. The molecule has 0 bridgehead atoms. The topological polar surface area (TPSA) is 95.5 Å². The van der Waals surface area contributed by atoms with Crippen LogP contribution in [-0.4, -0.2) is 35.5 Å². The lowest BCUT2D eigenvalue weighted by Gasteiger charge is -2.29. The maximum absolute atomic E-state index is 12.2. The van der Waals surface area contributed by atoms with Crippen LogP contribution in [0.4, 0.5) is 0 Å². The minimum absolute atomic E-state index is 0.0543. The smallest absolute Gasteiger partial charge is 0.303 e. The number of hydrogen-bond acceptors (Lipinski definition) is 3. The molecule has 0 atom stereocenters. The Morgan fingerprint density at radius 3 is 2.08 bits per heavy atom. The molecular formula is C19H32N2O4. The van der Waals surface area contributed by atoms with E-state index in [1.54, 1.807) is 0 Å². The molecule has 25 heavy (non-hydrogen) atoms. The lowest BCUT2D eigenvalue weighted by molar-refractivity contribution is -0.137. The molecule has 2 fully saturated rings. The van der Waals surface area contributed by atoms with E-state index in [2.05, 4.69) is 10.6 Å². The minimum Gasteiger partial charge on any atom is -0.481 e. The van der Waals surface area contributed by atoms with Gasteiger partial charge in [0.15, 0.2) is 0 Å². The average Bonchev–Trinajstić information content (AvgIpc) is 3.13. The molecule has 142 valence electrons. The van der Waals surface area contributed by atoms with Crippen molar-refractivity contribution in [3.8, 4) is 0 Å². The molecule has 0 heterocycles. The summed E-state index contributed by atoms with van der Waals surface area (Å²) in [6, 6.07) is 0.230. The van der Waals surface area contributed by atoms with Crippen LogP contribution >= 0.6 is 0 Å². The number of unbranched alkanes of at least 4 members (excludes halogenated alkanes) is 2. The van der Waals surface area contributed by atoms with Crippen LogP contribution in [0.3, 0.4) is 0 Å². The van der Waals surface area contributed by atoms with Gasteiger partial charge in [-0.25, -0.2) is 0 Å². The maximum atomic E-state index is 12.2. The zero-order valence-corrected chi connectivity index (χ0v) is 15.1. The highest BCUT2D eigenvalue weighted by molar-refractivity contribution is 5.80. The Kier molecular flexibility index (Phi) is 8.22. The summed E-state index contributed by atoms with van der Waals surface area (Å²) in [4.78, 5) is 34.8. The third kappa shape index (κ3) is 7.04. The van der Waals surface area contributed by atoms with Gasteiger partial charge in [0.25, 0.3) is 0 Å². The van der Waals surface area contributed by atoms with Crippen LogP contribution in [0.25, 0.3) is 0 Å². The number of amides is 2. The number of carbonyl (C=O) groups excluding carboxylic acids is 2. The monoisotopic (exact) mass is 352 g/mol. The van der Waals surface area contributed by atoms with E-state index in [4.69, 9.17) is 5.11 Å². The molecule has 0 spiro atoms.